The zero-order valence-corrected chi connectivity index (χ0v) is 14.4. The minimum Gasteiger partial charge on any atom is -0.353 e. The number of aromatic nitrogens is 1. The van der Waals surface area contributed by atoms with Crippen molar-refractivity contribution in [3.63, 3.8) is 0 Å². The van der Waals surface area contributed by atoms with Gasteiger partial charge in [0.2, 0.25) is 5.91 Å². The summed E-state index contributed by atoms with van der Waals surface area (Å²) in [6, 6.07) is 8.26. The van der Waals surface area contributed by atoms with Crippen LogP contribution in [0, 0.1) is 6.92 Å². The van der Waals surface area contributed by atoms with Crippen molar-refractivity contribution < 1.29 is 4.79 Å². The van der Waals surface area contributed by atoms with Crippen LogP contribution in [-0.2, 0) is 11.2 Å². The molecule has 1 aliphatic rings. The quantitative estimate of drug-likeness (QED) is 0.843. The van der Waals surface area contributed by atoms with E-state index in [-0.39, 0.29) is 11.5 Å². The Bertz CT molecular complexity index is 771. The molecule has 2 N–H and O–H groups in total. The number of rotatable bonds is 4. The Morgan fingerprint density at radius 3 is 2.67 bits per heavy atom. The maximum absolute atomic E-state index is 12.2. The molecule has 1 aromatic carbocycles. The van der Waals surface area contributed by atoms with Crippen LogP contribution in [0.3, 0.4) is 0 Å². The van der Waals surface area contributed by atoms with Gasteiger partial charge in [0.1, 0.15) is 0 Å². The SMILES string of the molecule is Cc1cc2cc(CCC(=O)NC3CCCCCC3)ccc2[nH]c1=O. The Balaban J connectivity index is 1.59. The van der Waals surface area contributed by atoms with Crippen LogP contribution in [0.15, 0.2) is 29.1 Å². The van der Waals surface area contributed by atoms with Gasteiger partial charge in [0.05, 0.1) is 0 Å². The summed E-state index contributed by atoms with van der Waals surface area (Å²) in [6.07, 6.45) is 8.54. The molecule has 3 rings (SSSR count). The fraction of sp³-hybridized carbons (Fsp3) is 0.500. The highest BCUT2D eigenvalue weighted by molar-refractivity contribution is 5.80. The molecule has 0 atom stereocenters. The lowest BCUT2D eigenvalue weighted by molar-refractivity contribution is -0.121. The number of H-pyrrole nitrogens is 1. The molecule has 1 heterocycles. The first-order valence-corrected chi connectivity index (χ1v) is 9.04. The first-order chi connectivity index (χ1) is 11.6. The van der Waals surface area contributed by atoms with E-state index in [1.54, 1.807) is 0 Å². The first-order valence-electron chi connectivity index (χ1n) is 9.04. The number of carbonyl (C=O) groups excluding carboxylic acids is 1. The Kier molecular flexibility index (Phi) is 5.34. The summed E-state index contributed by atoms with van der Waals surface area (Å²) in [7, 11) is 0. The highest BCUT2D eigenvalue weighted by Crippen LogP contribution is 2.18. The lowest BCUT2D eigenvalue weighted by Gasteiger charge is -2.16. The van der Waals surface area contributed by atoms with E-state index < -0.39 is 0 Å². The number of amides is 1. The van der Waals surface area contributed by atoms with Gasteiger partial charge in [-0.25, -0.2) is 0 Å². The van der Waals surface area contributed by atoms with E-state index in [1.165, 1.54) is 25.7 Å². The van der Waals surface area contributed by atoms with Gasteiger partial charge < -0.3 is 10.3 Å². The van der Waals surface area contributed by atoms with Crippen molar-refractivity contribution >= 4 is 16.8 Å². The topological polar surface area (TPSA) is 62.0 Å². The second-order valence-corrected chi connectivity index (χ2v) is 6.96. The molecule has 2 aromatic rings. The molecule has 0 spiro atoms. The van der Waals surface area contributed by atoms with Crippen LogP contribution in [0.25, 0.3) is 10.9 Å². The number of benzene rings is 1. The lowest BCUT2D eigenvalue weighted by Crippen LogP contribution is -2.34. The van der Waals surface area contributed by atoms with Crippen molar-refractivity contribution in [2.45, 2.75) is 64.3 Å². The normalized spacial score (nSPS) is 16.0. The third kappa shape index (κ3) is 4.25. The number of hydrogen-bond acceptors (Lipinski definition) is 2. The molecule has 128 valence electrons. The average Bonchev–Trinajstić information content (AvgIpc) is 2.83. The Morgan fingerprint density at radius 2 is 1.92 bits per heavy atom. The minimum absolute atomic E-state index is 0.0435. The standard InChI is InChI=1S/C20H26N2O2/c1-14-12-16-13-15(8-10-18(16)22-20(14)24)9-11-19(23)21-17-6-4-2-3-5-7-17/h8,10,12-13,17H,2-7,9,11H2,1H3,(H,21,23)(H,22,24). The van der Waals surface area contributed by atoms with E-state index in [2.05, 4.69) is 16.4 Å². The molecule has 0 bridgehead atoms. The predicted molar refractivity (Wildman–Crippen MR) is 97.3 cm³/mol. The van der Waals surface area contributed by atoms with E-state index in [1.807, 2.05) is 25.1 Å². The van der Waals surface area contributed by atoms with Crippen molar-refractivity contribution in [1.82, 2.24) is 10.3 Å². The molecule has 4 nitrogen and oxygen atoms in total. The monoisotopic (exact) mass is 326 g/mol. The van der Waals surface area contributed by atoms with Crippen LogP contribution in [0.4, 0.5) is 0 Å². The van der Waals surface area contributed by atoms with Crippen molar-refractivity contribution in [3.05, 3.63) is 45.7 Å². The van der Waals surface area contributed by atoms with E-state index in [0.717, 1.165) is 35.7 Å². The number of fused-ring (bicyclic) bond motifs is 1. The van der Waals surface area contributed by atoms with Crippen molar-refractivity contribution in [2.24, 2.45) is 0 Å². The van der Waals surface area contributed by atoms with Gasteiger partial charge in [-0.2, -0.15) is 0 Å². The van der Waals surface area contributed by atoms with Gasteiger partial charge in [-0.3, -0.25) is 9.59 Å². The summed E-state index contributed by atoms with van der Waals surface area (Å²) in [5, 5.41) is 4.22. The largest absolute Gasteiger partial charge is 0.353 e. The smallest absolute Gasteiger partial charge is 0.251 e. The van der Waals surface area contributed by atoms with E-state index in [0.29, 0.717) is 18.0 Å². The number of nitrogens with one attached hydrogen (secondary N) is 2. The van der Waals surface area contributed by atoms with E-state index >= 15 is 0 Å². The Labute approximate surface area is 142 Å². The van der Waals surface area contributed by atoms with Crippen molar-refractivity contribution in [1.29, 1.82) is 0 Å². The molecule has 0 radical (unpaired) electrons. The molecule has 1 aromatic heterocycles. The molecule has 4 heteroatoms. The maximum atomic E-state index is 12.2. The van der Waals surface area contributed by atoms with Crippen LogP contribution in [0.5, 0.6) is 0 Å². The van der Waals surface area contributed by atoms with Gasteiger partial charge in [-0.15, -0.1) is 0 Å². The lowest BCUT2D eigenvalue weighted by atomic mass is 10.0. The van der Waals surface area contributed by atoms with E-state index in [9.17, 15) is 9.59 Å². The molecular formula is C20H26N2O2. The number of hydrogen-bond donors (Lipinski definition) is 2. The average molecular weight is 326 g/mol. The molecule has 1 saturated carbocycles. The van der Waals surface area contributed by atoms with Gasteiger partial charge in [0.25, 0.3) is 5.56 Å². The van der Waals surface area contributed by atoms with Crippen LogP contribution in [-0.4, -0.2) is 16.9 Å². The fourth-order valence-corrected chi connectivity index (χ4v) is 3.50. The van der Waals surface area contributed by atoms with E-state index in [4.69, 9.17) is 0 Å². The van der Waals surface area contributed by atoms with Gasteiger partial charge in [0.15, 0.2) is 0 Å². The molecule has 1 amide bonds. The summed E-state index contributed by atoms with van der Waals surface area (Å²) >= 11 is 0. The zero-order chi connectivity index (χ0) is 16.9. The molecule has 0 aliphatic heterocycles. The predicted octanol–water partition coefficient (Wildman–Crippen LogP) is 3.61. The first kappa shape index (κ1) is 16.7. The van der Waals surface area contributed by atoms with Crippen LogP contribution in [0.1, 0.15) is 56.1 Å². The number of aryl methyl sites for hydroxylation is 2. The summed E-state index contributed by atoms with van der Waals surface area (Å²) in [6.45, 7) is 1.81. The minimum atomic E-state index is -0.0435. The van der Waals surface area contributed by atoms with Crippen molar-refractivity contribution in [2.75, 3.05) is 0 Å². The number of pyridine rings is 1. The Morgan fingerprint density at radius 1 is 1.17 bits per heavy atom. The third-order valence-corrected chi connectivity index (χ3v) is 4.96. The van der Waals surface area contributed by atoms with Gasteiger partial charge >= 0.3 is 0 Å². The van der Waals surface area contributed by atoms with Crippen molar-refractivity contribution in [3.8, 4) is 0 Å². The summed E-state index contributed by atoms with van der Waals surface area (Å²) < 4.78 is 0. The van der Waals surface area contributed by atoms with Crippen LogP contribution >= 0.6 is 0 Å². The molecule has 24 heavy (non-hydrogen) atoms. The molecular weight excluding hydrogens is 300 g/mol. The molecule has 0 saturated heterocycles. The summed E-state index contributed by atoms with van der Waals surface area (Å²) in [5.41, 5.74) is 2.64. The maximum Gasteiger partial charge on any atom is 0.251 e. The van der Waals surface area contributed by atoms with Gasteiger partial charge in [-0.05, 0) is 55.3 Å². The highest BCUT2D eigenvalue weighted by atomic mass is 16.1. The summed E-state index contributed by atoms with van der Waals surface area (Å²) in [5.74, 6) is 0.152. The molecule has 1 aliphatic carbocycles. The summed E-state index contributed by atoms with van der Waals surface area (Å²) in [4.78, 5) is 26.7. The second kappa shape index (κ2) is 7.65. The highest BCUT2D eigenvalue weighted by Gasteiger charge is 2.14. The Hall–Kier alpha value is -2.10. The third-order valence-electron chi connectivity index (χ3n) is 4.96. The van der Waals surface area contributed by atoms with Crippen LogP contribution < -0.4 is 10.9 Å². The van der Waals surface area contributed by atoms with Gasteiger partial charge in [0, 0.05) is 23.5 Å². The van der Waals surface area contributed by atoms with Gasteiger partial charge in [-0.1, -0.05) is 31.7 Å². The number of carbonyl (C=O) groups is 1. The van der Waals surface area contributed by atoms with Crippen LogP contribution in [0.2, 0.25) is 0 Å². The fourth-order valence-electron chi connectivity index (χ4n) is 3.50. The molecule has 1 fully saturated rings. The number of aromatic amines is 1. The molecule has 0 unspecified atom stereocenters. The second-order valence-electron chi connectivity index (χ2n) is 6.96. The zero-order valence-electron chi connectivity index (χ0n) is 14.4.